The van der Waals surface area contributed by atoms with E-state index in [1.807, 2.05) is 0 Å². The maximum Gasteiger partial charge on any atom is 0.338 e. The third-order valence-electron chi connectivity index (χ3n) is 4.89. The predicted octanol–water partition coefficient (Wildman–Crippen LogP) is 7.61. The lowest BCUT2D eigenvalue weighted by molar-refractivity contribution is 0.180. The van der Waals surface area contributed by atoms with E-state index in [1.54, 1.807) is 0 Å². The van der Waals surface area contributed by atoms with Crippen LogP contribution in [0.2, 0.25) is 12.1 Å². The van der Waals surface area contributed by atoms with Gasteiger partial charge in [-0.2, -0.15) is 0 Å². The largest absolute Gasteiger partial charge is 0.394 e. The molecule has 2 nitrogen and oxygen atoms in total. The molecule has 0 aliphatic carbocycles. The highest BCUT2D eigenvalue weighted by Gasteiger charge is 2.35. The van der Waals surface area contributed by atoms with Crippen molar-refractivity contribution in [1.82, 2.24) is 0 Å². The van der Waals surface area contributed by atoms with Crippen molar-refractivity contribution in [3.05, 3.63) is 0 Å². The minimum Gasteiger partial charge on any atom is -0.394 e. The van der Waals surface area contributed by atoms with Crippen molar-refractivity contribution in [2.75, 3.05) is 13.2 Å². The van der Waals surface area contributed by atoms with Crippen molar-refractivity contribution in [3.8, 4) is 0 Å². The fraction of sp³-hybridized carbons (Fsp3) is 1.00. The van der Waals surface area contributed by atoms with E-state index in [4.69, 9.17) is 8.85 Å². The van der Waals surface area contributed by atoms with E-state index in [2.05, 4.69) is 27.7 Å². The number of hydrogen-bond acceptors (Lipinski definition) is 2. The molecule has 146 valence electrons. The summed E-state index contributed by atoms with van der Waals surface area (Å²) < 4.78 is 12.4. The van der Waals surface area contributed by atoms with Crippen LogP contribution in [0.3, 0.4) is 0 Å². The summed E-state index contributed by atoms with van der Waals surface area (Å²) in [6.07, 6.45) is 17.9. The predicted molar refractivity (Wildman–Crippen MR) is 110 cm³/mol. The van der Waals surface area contributed by atoms with Crippen LogP contribution >= 0.6 is 0 Å². The first-order valence-corrected chi connectivity index (χ1v) is 13.3. The van der Waals surface area contributed by atoms with Crippen LogP contribution in [0.1, 0.15) is 111 Å². The van der Waals surface area contributed by atoms with Gasteiger partial charge in [0.25, 0.3) is 0 Å². The van der Waals surface area contributed by atoms with Crippen molar-refractivity contribution < 1.29 is 8.85 Å². The second-order valence-electron chi connectivity index (χ2n) is 7.17. The average molecular weight is 359 g/mol. The fourth-order valence-electron chi connectivity index (χ4n) is 3.51. The summed E-state index contributed by atoms with van der Waals surface area (Å²) in [5.74, 6) is 0. The molecule has 0 aliphatic heterocycles. The molecular weight excluding hydrogens is 312 g/mol. The van der Waals surface area contributed by atoms with Crippen LogP contribution in [0, 0.1) is 0 Å². The fourth-order valence-corrected chi connectivity index (χ4v) is 7.05. The SMILES string of the molecule is CCCCCCCCCCCC[Si](CCCCC)(OCC)OCC. The van der Waals surface area contributed by atoms with Gasteiger partial charge in [-0.1, -0.05) is 97.3 Å². The van der Waals surface area contributed by atoms with Crippen molar-refractivity contribution in [1.29, 1.82) is 0 Å². The van der Waals surface area contributed by atoms with Gasteiger partial charge in [-0.05, 0) is 25.9 Å². The molecule has 0 rings (SSSR count). The Balaban J connectivity index is 3.87. The van der Waals surface area contributed by atoms with Crippen molar-refractivity contribution in [2.24, 2.45) is 0 Å². The summed E-state index contributed by atoms with van der Waals surface area (Å²) in [5, 5.41) is 0. The zero-order valence-corrected chi connectivity index (χ0v) is 18.3. The van der Waals surface area contributed by atoms with Crippen LogP contribution < -0.4 is 0 Å². The van der Waals surface area contributed by atoms with Crippen LogP contribution in [0.5, 0.6) is 0 Å². The molecule has 0 N–H and O–H groups in total. The highest BCUT2D eigenvalue weighted by Crippen LogP contribution is 2.26. The monoisotopic (exact) mass is 358 g/mol. The minimum absolute atomic E-state index is 0.816. The highest BCUT2D eigenvalue weighted by atomic mass is 28.4. The Hall–Kier alpha value is 0.137. The average Bonchev–Trinajstić information content (AvgIpc) is 2.57. The second-order valence-corrected chi connectivity index (χ2v) is 10.6. The van der Waals surface area contributed by atoms with Crippen LogP contribution in [0.25, 0.3) is 0 Å². The third kappa shape index (κ3) is 13.4. The summed E-state index contributed by atoms with van der Waals surface area (Å²) in [4.78, 5) is 0. The summed E-state index contributed by atoms with van der Waals surface area (Å²) in [6.45, 7) is 10.4. The number of hydrogen-bond donors (Lipinski definition) is 0. The molecule has 0 heterocycles. The maximum atomic E-state index is 6.22. The van der Waals surface area contributed by atoms with Crippen LogP contribution in [-0.4, -0.2) is 21.8 Å². The smallest absolute Gasteiger partial charge is 0.338 e. The summed E-state index contributed by atoms with van der Waals surface area (Å²) in [7, 11) is -1.92. The van der Waals surface area contributed by atoms with Gasteiger partial charge in [-0.25, -0.2) is 0 Å². The Kier molecular flexibility index (Phi) is 18.0. The molecule has 0 aromatic carbocycles. The van der Waals surface area contributed by atoms with Crippen molar-refractivity contribution in [2.45, 2.75) is 123 Å². The molecule has 0 saturated carbocycles. The molecule has 3 heteroatoms. The lowest BCUT2D eigenvalue weighted by Crippen LogP contribution is -2.42. The Morgan fingerprint density at radius 2 is 0.792 bits per heavy atom. The summed E-state index contributed by atoms with van der Waals surface area (Å²) in [6, 6.07) is 2.40. The van der Waals surface area contributed by atoms with E-state index >= 15 is 0 Å². The molecule has 0 atom stereocenters. The van der Waals surface area contributed by atoms with Crippen molar-refractivity contribution >= 4 is 8.56 Å². The highest BCUT2D eigenvalue weighted by molar-refractivity contribution is 6.67. The zero-order chi connectivity index (χ0) is 17.9. The molecule has 0 aromatic heterocycles. The Labute approximate surface area is 154 Å². The second kappa shape index (κ2) is 17.9. The molecule has 0 amide bonds. The molecule has 0 aliphatic rings. The van der Waals surface area contributed by atoms with Gasteiger partial charge in [0.15, 0.2) is 0 Å². The topological polar surface area (TPSA) is 18.5 Å². The van der Waals surface area contributed by atoms with Gasteiger partial charge in [0.1, 0.15) is 0 Å². The normalized spacial score (nSPS) is 12.0. The van der Waals surface area contributed by atoms with E-state index in [9.17, 15) is 0 Å². The van der Waals surface area contributed by atoms with Gasteiger partial charge in [0, 0.05) is 13.2 Å². The van der Waals surface area contributed by atoms with Crippen LogP contribution in [0.4, 0.5) is 0 Å². The summed E-state index contributed by atoms with van der Waals surface area (Å²) >= 11 is 0. The molecule has 0 radical (unpaired) electrons. The number of unbranched alkanes of at least 4 members (excludes halogenated alkanes) is 11. The van der Waals surface area contributed by atoms with Gasteiger partial charge in [-0.3, -0.25) is 0 Å². The van der Waals surface area contributed by atoms with E-state index in [1.165, 1.54) is 95.6 Å². The van der Waals surface area contributed by atoms with Gasteiger partial charge in [0.2, 0.25) is 0 Å². The first-order chi connectivity index (χ1) is 11.7. The van der Waals surface area contributed by atoms with Gasteiger partial charge < -0.3 is 8.85 Å². The summed E-state index contributed by atoms with van der Waals surface area (Å²) in [5.41, 5.74) is 0. The van der Waals surface area contributed by atoms with Gasteiger partial charge in [0.05, 0.1) is 0 Å². The van der Waals surface area contributed by atoms with E-state index in [0.717, 1.165) is 13.2 Å². The molecule has 24 heavy (non-hydrogen) atoms. The molecule has 0 unspecified atom stereocenters. The molecular formula is C21H46O2Si. The maximum absolute atomic E-state index is 6.22. The zero-order valence-electron chi connectivity index (χ0n) is 17.3. The molecule has 0 aromatic rings. The van der Waals surface area contributed by atoms with Gasteiger partial charge >= 0.3 is 8.56 Å². The van der Waals surface area contributed by atoms with E-state index < -0.39 is 8.56 Å². The van der Waals surface area contributed by atoms with Crippen molar-refractivity contribution in [3.63, 3.8) is 0 Å². The molecule has 0 saturated heterocycles. The number of rotatable bonds is 19. The first-order valence-electron chi connectivity index (χ1n) is 11.0. The standard InChI is InChI=1S/C21H46O2Si/c1-5-9-11-12-13-14-15-16-17-19-21-24(22-7-3,23-8-4)20-18-10-6-2/h5-21H2,1-4H3. The molecule has 0 fully saturated rings. The van der Waals surface area contributed by atoms with Gasteiger partial charge in [-0.15, -0.1) is 0 Å². The Morgan fingerprint density at radius 3 is 1.21 bits per heavy atom. The quantitative estimate of drug-likeness (QED) is 0.175. The third-order valence-corrected chi connectivity index (χ3v) is 8.75. The lowest BCUT2D eigenvalue weighted by Gasteiger charge is -2.30. The Morgan fingerprint density at radius 1 is 0.458 bits per heavy atom. The molecule has 0 spiro atoms. The van der Waals surface area contributed by atoms with Crippen LogP contribution in [0.15, 0.2) is 0 Å². The first kappa shape index (κ1) is 24.1. The van der Waals surface area contributed by atoms with E-state index in [-0.39, 0.29) is 0 Å². The lowest BCUT2D eigenvalue weighted by atomic mass is 10.1. The minimum atomic E-state index is -1.92. The van der Waals surface area contributed by atoms with E-state index in [0.29, 0.717) is 0 Å². The van der Waals surface area contributed by atoms with Crippen LogP contribution in [-0.2, 0) is 8.85 Å². The Bertz CT molecular complexity index is 240. The molecule has 0 bridgehead atoms.